The predicted molar refractivity (Wildman–Crippen MR) is 374 cm³/mol. The van der Waals surface area contributed by atoms with E-state index in [1.54, 1.807) is 0 Å². The zero-order valence-electron chi connectivity index (χ0n) is 58.1. The Balaban J connectivity index is 3.93. The molecule has 0 heterocycles. The number of nitrogens with zero attached hydrogens (tertiary/aromatic N) is 1. The van der Waals surface area contributed by atoms with E-state index in [1.807, 2.05) is 21.1 Å². The van der Waals surface area contributed by atoms with Crippen molar-refractivity contribution in [3.05, 3.63) is 24.3 Å². The number of aliphatic hydroxyl groups is 1. The Morgan fingerprint density at radius 1 is 0.400 bits per heavy atom. The van der Waals surface area contributed by atoms with Gasteiger partial charge in [0.05, 0.1) is 39.9 Å². The molecule has 9 heteroatoms. The first-order valence-corrected chi connectivity index (χ1v) is 39.7. The van der Waals surface area contributed by atoms with E-state index in [-0.39, 0.29) is 19.1 Å². The Bertz CT molecular complexity index is 1430. The molecule has 506 valence electrons. The molecule has 3 unspecified atom stereocenters. The van der Waals surface area contributed by atoms with E-state index in [9.17, 15) is 19.4 Å². The highest BCUT2D eigenvalue weighted by Crippen LogP contribution is 2.43. The van der Waals surface area contributed by atoms with Crippen LogP contribution in [0, 0.1) is 0 Å². The Morgan fingerprint density at radius 2 is 0.671 bits per heavy atom. The highest BCUT2D eigenvalue weighted by Gasteiger charge is 2.28. The van der Waals surface area contributed by atoms with Gasteiger partial charge in [-0.15, -0.1) is 0 Å². The second-order valence-electron chi connectivity index (χ2n) is 27.7. The molecular weight excluding hydrogens is 1070 g/mol. The first kappa shape index (κ1) is 84.0. The van der Waals surface area contributed by atoms with Crippen molar-refractivity contribution in [2.75, 3.05) is 40.9 Å². The van der Waals surface area contributed by atoms with E-state index < -0.39 is 20.0 Å². The van der Waals surface area contributed by atoms with Crippen molar-refractivity contribution >= 4 is 13.7 Å². The molecule has 1 amide bonds. The summed E-state index contributed by atoms with van der Waals surface area (Å²) in [6.07, 6.45) is 88.8. The van der Waals surface area contributed by atoms with E-state index in [0.29, 0.717) is 23.9 Å². The molecule has 0 aromatic rings. The molecule has 0 radical (unpaired) electrons. The van der Waals surface area contributed by atoms with Gasteiger partial charge in [-0.05, 0) is 44.9 Å². The number of phosphoric acid groups is 1. The van der Waals surface area contributed by atoms with Crippen LogP contribution in [0.5, 0.6) is 0 Å². The lowest BCUT2D eigenvalue weighted by molar-refractivity contribution is -0.870. The van der Waals surface area contributed by atoms with Crippen LogP contribution in [-0.4, -0.2) is 73.4 Å². The molecule has 0 aliphatic heterocycles. The third-order valence-corrected chi connectivity index (χ3v) is 18.9. The molecule has 0 aliphatic carbocycles. The van der Waals surface area contributed by atoms with Crippen LogP contribution in [0.2, 0.25) is 0 Å². The molecule has 0 saturated carbocycles. The van der Waals surface area contributed by atoms with Gasteiger partial charge in [0.1, 0.15) is 13.2 Å². The van der Waals surface area contributed by atoms with Gasteiger partial charge in [0.15, 0.2) is 0 Å². The highest BCUT2D eigenvalue weighted by molar-refractivity contribution is 7.47. The lowest BCUT2D eigenvalue weighted by atomic mass is 10.0. The summed E-state index contributed by atoms with van der Waals surface area (Å²) in [5.74, 6) is -0.134. The number of hydrogen-bond acceptors (Lipinski definition) is 5. The van der Waals surface area contributed by atoms with Crippen LogP contribution in [0.15, 0.2) is 24.3 Å². The number of phosphoric ester groups is 1. The molecule has 0 aromatic heterocycles. The maximum atomic E-state index is 13.1. The summed E-state index contributed by atoms with van der Waals surface area (Å²) in [4.78, 5) is 23.5. The number of amides is 1. The minimum atomic E-state index is -4.33. The third-order valence-electron chi connectivity index (χ3n) is 18.0. The van der Waals surface area contributed by atoms with Crippen molar-refractivity contribution in [2.45, 2.75) is 418 Å². The monoisotopic (exact) mass is 1220 g/mol. The van der Waals surface area contributed by atoms with Crippen LogP contribution < -0.4 is 5.32 Å². The summed E-state index contributed by atoms with van der Waals surface area (Å²) in [7, 11) is 1.64. The topological polar surface area (TPSA) is 105 Å². The van der Waals surface area contributed by atoms with Crippen LogP contribution in [-0.2, 0) is 18.4 Å². The summed E-state index contributed by atoms with van der Waals surface area (Å²) in [5, 5.41) is 14.2. The maximum Gasteiger partial charge on any atom is 0.472 e. The van der Waals surface area contributed by atoms with E-state index in [1.165, 1.54) is 334 Å². The summed E-state index contributed by atoms with van der Waals surface area (Å²) < 4.78 is 23.9. The van der Waals surface area contributed by atoms with Crippen molar-refractivity contribution in [1.82, 2.24) is 5.32 Å². The molecule has 0 spiro atoms. The van der Waals surface area contributed by atoms with Gasteiger partial charge in [-0.1, -0.05) is 378 Å². The predicted octanol–water partition coefficient (Wildman–Crippen LogP) is 24.6. The number of allylic oxidation sites excluding steroid dienone is 4. The highest BCUT2D eigenvalue weighted by atomic mass is 31.2. The molecule has 0 fully saturated rings. The molecule has 3 atom stereocenters. The van der Waals surface area contributed by atoms with Gasteiger partial charge in [0, 0.05) is 6.42 Å². The zero-order valence-corrected chi connectivity index (χ0v) is 59.0. The molecular formula is C76H152N2O6P+. The summed E-state index contributed by atoms with van der Waals surface area (Å²) >= 11 is 0. The number of hydrogen-bond donors (Lipinski definition) is 3. The van der Waals surface area contributed by atoms with Crippen molar-refractivity contribution < 1.29 is 32.9 Å². The second-order valence-corrected chi connectivity index (χ2v) is 29.2. The number of rotatable bonds is 72. The minimum Gasteiger partial charge on any atom is -0.391 e. The van der Waals surface area contributed by atoms with Gasteiger partial charge in [0.2, 0.25) is 5.91 Å². The lowest BCUT2D eigenvalue weighted by Crippen LogP contribution is -2.46. The number of likely N-dealkylation sites (N-methyl/N-ethyl adjacent to an activating group) is 1. The Morgan fingerprint density at radius 3 is 0.965 bits per heavy atom. The number of nitrogens with one attached hydrogen (secondary N) is 1. The van der Waals surface area contributed by atoms with Gasteiger partial charge in [-0.2, -0.15) is 0 Å². The largest absolute Gasteiger partial charge is 0.472 e. The number of carbonyl (C=O) groups is 1. The Labute approximate surface area is 532 Å². The average molecular weight is 1220 g/mol. The maximum absolute atomic E-state index is 13.1. The lowest BCUT2D eigenvalue weighted by Gasteiger charge is -2.26. The van der Waals surface area contributed by atoms with E-state index in [4.69, 9.17) is 9.05 Å². The first-order chi connectivity index (χ1) is 41.5. The Kier molecular flexibility index (Phi) is 66.6. The molecule has 0 aromatic carbocycles. The fourth-order valence-corrected chi connectivity index (χ4v) is 12.8. The SMILES string of the molecule is CCCCCCC/C=C\C/C=C\CCCCCCCCCCCCCCCCCCCCCCCCCC(=O)NC(COP(=O)(O)OCC[N+](C)(C)C)C(O)CCCCCCCCCCCCCCCCCCCCCCCCCCCCCC. The summed E-state index contributed by atoms with van der Waals surface area (Å²) in [6.45, 7) is 4.95. The van der Waals surface area contributed by atoms with Crippen LogP contribution in [0.1, 0.15) is 406 Å². The fourth-order valence-electron chi connectivity index (χ4n) is 12.0. The molecule has 3 N–H and O–H groups in total. The van der Waals surface area contributed by atoms with E-state index >= 15 is 0 Å². The van der Waals surface area contributed by atoms with Gasteiger partial charge >= 0.3 is 7.82 Å². The Hall–Kier alpha value is -1.02. The number of unbranched alkanes of at least 4 members (excludes halogenated alkanes) is 55. The quantitative estimate of drug-likeness (QED) is 0.0243. The average Bonchev–Trinajstić information content (AvgIpc) is 3.48. The third kappa shape index (κ3) is 70.3. The van der Waals surface area contributed by atoms with Gasteiger partial charge in [-0.25, -0.2) is 4.57 Å². The number of aliphatic hydroxyl groups excluding tert-OH is 1. The fraction of sp³-hybridized carbons (Fsp3) is 0.934. The van der Waals surface area contributed by atoms with Crippen LogP contribution in [0.3, 0.4) is 0 Å². The molecule has 0 aliphatic rings. The van der Waals surface area contributed by atoms with Crippen molar-refractivity contribution in [2.24, 2.45) is 0 Å². The van der Waals surface area contributed by atoms with Gasteiger partial charge in [0.25, 0.3) is 0 Å². The number of carbonyl (C=O) groups excluding carboxylic acids is 1. The van der Waals surface area contributed by atoms with Crippen molar-refractivity contribution in [3.63, 3.8) is 0 Å². The zero-order chi connectivity index (χ0) is 61.9. The molecule has 0 bridgehead atoms. The summed E-state index contributed by atoms with van der Waals surface area (Å²) in [5.41, 5.74) is 0. The number of quaternary nitrogens is 1. The van der Waals surface area contributed by atoms with Gasteiger partial charge in [-0.3, -0.25) is 13.8 Å². The van der Waals surface area contributed by atoms with Crippen molar-refractivity contribution in [1.29, 1.82) is 0 Å². The molecule has 0 rings (SSSR count). The molecule has 85 heavy (non-hydrogen) atoms. The molecule has 8 nitrogen and oxygen atoms in total. The normalized spacial score (nSPS) is 13.6. The van der Waals surface area contributed by atoms with Crippen LogP contribution >= 0.6 is 7.82 Å². The first-order valence-electron chi connectivity index (χ1n) is 38.2. The standard InChI is InChI=1S/C76H151N2O6P/c1-6-8-10-12-14-16-18-20-22-24-26-28-30-32-34-36-37-38-39-40-41-42-44-46-48-50-52-54-56-58-60-62-64-66-68-70-76(80)77-74(73-84-85(81,82)83-72-71-78(3,4)5)75(79)69-67-65-63-61-59-57-55-53-51-49-47-45-43-35-33-31-29-27-25-23-21-19-17-15-13-11-9-7-2/h18,20,24,26,74-75,79H,6-17,19,21-23,25,27-73H2,1-5H3,(H-,77,80,81,82)/p+1/b20-18-,26-24-. The van der Waals surface area contributed by atoms with Crippen LogP contribution in [0.25, 0.3) is 0 Å². The molecule has 0 saturated heterocycles. The van der Waals surface area contributed by atoms with Crippen molar-refractivity contribution in [3.8, 4) is 0 Å². The van der Waals surface area contributed by atoms with Gasteiger partial charge < -0.3 is 19.8 Å². The summed E-state index contributed by atoms with van der Waals surface area (Å²) in [6, 6.07) is -0.760. The second kappa shape index (κ2) is 67.4. The smallest absolute Gasteiger partial charge is 0.391 e. The van der Waals surface area contributed by atoms with E-state index in [0.717, 1.165) is 44.9 Å². The van der Waals surface area contributed by atoms with E-state index in [2.05, 4.69) is 43.5 Å². The minimum absolute atomic E-state index is 0.0781. The van der Waals surface area contributed by atoms with Crippen LogP contribution in [0.4, 0.5) is 0 Å².